The molecule has 114 valence electrons. The second-order valence-corrected chi connectivity index (χ2v) is 5.96. The van der Waals surface area contributed by atoms with E-state index in [-0.39, 0.29) is 16.3 Å². The fourth-order valence-electron chi connectivity index (χ4n) is 1.69. The van der Waals surface area contributed by atoms with Crippen LogP contribution in [-0.2, 0) is 23.6 Å². The van der Waals surface area contributed by atoms with Gasteiger partial charge in [0, 0.05) is 33.0 Å². The van der Waals surface area contributed by atoms with Gasteiger partial charge in [-0.3, -0.25) is 18.9 Å². The van der Waals surface area contributed by atoms with Crippen LogP contribution >= 0.6 is 0 Å². The number of aromatic nitrogens is 4. The lowest BCUT2D eigenvalue weighted by atomic mass is 10.3. The summed E-state index contributed by atoms with van der Waals surface area (Å²) in [6, 6.07) is 0. The Balaban J connectivity index is 2.38. The Morgan fingerprint density at radius 3 is 2.62 bits per heavy atom. The van der Waals surface area contributed by atoms with Crippen LogP contribution in [0.25, 0.3) is 0 Å². The Hall–Kier alpha value is -2.36. The first-order valence-corrected chi connectivity index (χ1v) is 7.66. The van der Waals surface area contributed by atoms with Gasteiger partial charge in [-0.1, -0.05) is 0 Å². The Morgan fingerprint density at radius 1 is 1.38 bits per heavy atom. The van der Waals surface area contributed by atoms with Gasteiger partial charge in [-0.05, 0) is 6.92 Å². The molecule has 0 aliphatic heterocycles. The van der Waals surface area contributed by atoms with E-state index in [1.165, 1.54) is 35.0 Å². The van der Waals surface area contributed by atoms with Crippen molar-refractivity contribution in [1.29, 1.82) is 0 Å². The third-order valence-corrected chi connectivity index (χ3v) is 4.08. The van der Waals surface area contributed by atoms with E-state index < -0.39 is 15.9 Å². The van der Waals surface area contributed by atoms with Crippen LogP contribution in [0.4, 0.5) is 5.69 Å². The number of carbonyl (C=O) groups excluding carboxylic acids is 1. The monoisotopic (exact) mass is 312 g/mol. The lowest BCUT2D eigenvalue weighted by molar-refractivity contribution is 0.0958. The quantitative estimate of drug-likeness (QED) is 0.794. The minimum absolute atomic E-state index is 0.0112. The Morgan fingerprint density at radius 2 is 2.10 bits per heavy atom. The van der Waals surface area contributed by atoms with Gasteiger partial charge in [0.1, 0.15) is 4.90 Å². The maximum absolute atomic E-state index is 12.2. The van der Waals surface area contributed by atoms with Crippen LogP contribution in [-0.4, -0.2) is 40.9 Å². The van der Waals surface area contributed by atoms with Gasteiger partial charge >= 0.3 is 0 Å². The fraction of sp³-hybridized carbons (Fsp3) is 0.364. The summed E-state index contributed by atoms with van der Waals surface area (Å²) in [4.78, 5) is 11.8. The van der Waals surface area contributed by atoms with Gasteiger partial charge in [-0.25, -0.2) is 8.42 Å². The normalized spacial score (nSPS) is 11.4. The van der Waals surface area contributed by atoms with Crippen molar-refractivity contribution in [3.63, 3.8) is 0 Å². The van der Waals surface area contributed by atoms with E-state index in [2.05, 4.69) is 20.2 Å². The standard InChI is InChI=1S/C11H16N6O3S/c1-4-17-7-9(10(14-17)11(18)12-2)15-21(19,20)8-5-13-16(3)6-8/h5-7,15H,4H2,1-3H3,(H,12,18). The maximum atomic E-state index is 12.2. The number of amides is 1. The lowest BCUT2D eigenvalue weighted by Crippen LogP contribution is -2.21. The molecule has 0 saturated carbocycles. The van der Waals surface area contributed by atoms with Gasteiger partial charge in [-0.15, -0.1) is 0 Å². The smallest absolute Gasteiger partial charge is 0.273 e. The summed E-state index contributed by atoms with van der Waals surface area (Å²) in [5.74, 6) is -0.467. The highest BCUT2D eigenvalue weighted by atomic mass is 32.2. The van der Waals surface area contributed by atoms with Crippen LogP contribution in [0.15, 0.2) is 23.5 Å². The molecule has 2 heterocycles. The van der Waals surface area contributed by atoms with E-state index in [4.69, 9.17) is 0 Å². The number of aryl methyl sites for hydroxylation is 2. The van der Waals surface area contributed by atoms with Crippen molar-refractivity contribution in [2.24, 2.45) is 7.05 Å². The van der Waals surface area contributed by atoms with Crippen LogP contribution < -0.4 is 10.0 Å². The molecule has 0 unspecified atom stereocenters. The first-order chi connectivity index (χ1) is 9.87. The summed E-state index contributed by atoms with van der Waals surface area (Å²) < 4.78 is 29.7. The Labute approximate surface area is 122 Å². The zero-order valence-corrected chi connectivity index (χ0v) is 12.7. The minimum atomic E-state index is -3.82. The topological polar surface area (TPSA) is 111 Å². The largest absolute Gasteiger partial charge is 0.354 e. The summed E-state index contributed by atoms with van der Waals surface area (Å²) >= 11 is 0. The number of carbonyl (C=O) groups is 1. The number of nitrogens with one attached hydrogen (secondary N) is 2. The molecule has 0 bridgehead atoms. The number of rotatable bonds is 5. The molecule has 0 saturated heterocycles. The number of hydrogen-bond donors (Lipinski definition) is 2. The van der Waals surface area contributed by atoms with Crippen molar-refractivity contribution < 1.29 is 13.2 Å². The molecule has 21 heavy (non-hydrogen) atoms. The van der Waals surface area contributed by atoms with Crippen molar-refractivity contribution in [3.05, 3.63) is 24.3 Å². The molecule has 1 amide bonds. The first-order valence-electron chi connectivity index (χ1n) is 6.18. The third-order valence-electron chi connectivity index (χ3n) is 2.76. The van der Waals surface area contributed by atoms with Gasteiger partial charge in [0.05, 0.1) is 11.9 Å². The van der Waals surface area contributed by atoms with Crippen molar-refractivity contribution in [1.82, 2.24) is 24.9 Å². The molecule has 10 heteroatoms. The summed E-state index contributed by atoms with van der Waals surface area (Å²) in [5.41, 5.74) is 0.145. The van der Waals surface area contributed by atoms with Crippen LogP contribution in [0.1, 0.15) is 17.4 Å². The van der Waals surface area contributed by atoms with Gasteiger partial charge in [0.15, 0.2) is 5.69 Å². The zero-order chi connectivity index (χ0) is 15.6. The average Bonchev–Trinajstić information content (AvgIpc) is 3.04. The second kappa shape index (κ2) is 5.56. The molecule has 0 fully saturated rings. The predicted octanol–water partition coefficient (Wildman–Crippen LogP) is -0.203. The highest BCUT2D eigenvalue weighted by Gasteiger charge is 2.22. The van der Waals surface area contributed by atoms with Crippen LogP contribution in [0.5, 0.6) is 0 Å². The Kier molecular flexibility index (Phi) is 3.98. The number of anilines is 1. The van der Waals surface area contributed by atoms with E-state index in [0.29, 0.717) is 6.54 Å². The van der Waals surface area contributed by atoms with Crippen LogP contribution in [0.3, 0.4) is 0 Å². The van der Waals surface area contributed by atoms with Crippen molar-refractivity contribution >= 4 is 21.6 Å². The summed E-state index contributed by atoms with van der Waals surface area (Å²) in [6.45, 7) is 2.35. The van der Waals surface area contributed by atoms with Gasteiger partial charge in [-0.2, -0.15) is 10.2 Å². The Bertz CT molecular complexity index is 761. The molecule has 2 aromatic heterocycles. The van der Waals surface area contributed by atoms with Crippen molar-refractivity contribution in [2.45, 2.75) is 18.4 Å². The van der Waals surface area contributed by atoms with E-state index in [0.717, 1.165) is 0 Å². The van der Waals surface area contributed by atoms with E-state index in [1.807, 2.05) is 6.92 Å². The lowest BCUT2D eigenvalue weighted by Gasteiger charge is -2.05. The number of hydrogen-bond acceptors (Lipinski definition) is 5. The fourth-order valence-corrected chi connectivity index (χ4v) is 2.72. The van der Waals surface area contributed by atoms with Gasteiger partial charge < -0.3 is 5.32 Å². The zero-order valence-electron chi connectivity index (χ0n) is 11.9. The third kappa shape index (κ3) is 3.05. The number of sulfonamides is 1. The van der Waals surface area contributed by atoms with Crippen molar-refractivity contribution in [3.8, 4) is 0 Å². The molecule has 2 aromatic rings. The van der Waals surface area contributed by atoms with Crippen LogP contribution in [0, 0.1) is 0 Å². The molecule has 0 aliphatic carbocycles. The summed E-state index contributed by atoms with van der Waals surface area (Å²) in [7, 11) is -0.752. The van der Waals surface area contributed by atoms with E-state index in [9.17, 15) is 13.2 Å². The summed E-state index contributed by atoms with van der Waals surface area (Å²) in [5, 5.41) is 10.3. The molecule has 2 N–H and O–H groups in total. The number of nitrogens with zero attached hydrogens (tertiary/aromatic N) is 4. The molecule has 0 aliphatic rings. The molecular weight excluding hydrogens is 296 g/mol. The highest BCUT2D eigenvalue weighted by molar-refractivity contribution is 7.92. The summed E-state index contributed by atoms with van der Waals surface area (Å²) in [6.07, 6.45) is 4.07. The molecule has 0 spiro atoms. The van der Waals surface area contributed by atoms with Gasteiger partial charge in [0.2, 0.25) is 0 Å². The molecule has 0 aromatic carbocycles. The highest BCUT2D eigenvalue weighted by Crippen LogP contribution is 2.19. The van der Waals surface area contributed by atoms with Gasteiger partial charge in [0.25, 0.3) is 15.9 Å². The average molecular weight is 312 g/mol. The molecule has 2 rings (SSSR count). The second-order valence-electron chi connectivity index (χ2n) is 4.28. The molecular formula is C11H16N6O3S. The van der Waals surface area contributed by atoms with Crippen LogP contribution in [0.2, 0.25) is 0 Å². The van der Waals surface area contributed by atoms with E-state index in [1.54, 1.807) is 7.05 Å². The first kappa shape index (κ1) is 15.0. The van der Waals surface area contributed by atoms with E-state index >= 15 is 0 Å². The SMILES string of the molecule is CCn1cc(NS(=O)(=O)c2cnn(C)c2)c(C(=O)NC)n1. The minimum Gasteiger partial charge on any atom is -0.354 e. The molecule has 0 atom stereocenters. The van der Waals surface area contributed by atoms with Crippen molar-refractivity contribution in [2.75, 3.05) is 11.8 Å². The molecule has 9 nitrogen and oxygen atoms in total. The molecule has 0 radical (unpaired) electrons. The maximum Gasteiger partial charge on any atom is 0.273 e. The predicted molar refractivity (Wildman–Crippen MR) is 75.3 cm³/mol.